The van der Waals surface area contributed by atoms with E-state index in [9.17, 15) is 9.59 Å². The second kappa shape index (κ2) is 9.80. The van der Waals surface area contributed by atoms with Gasteiger partial charge in [-0.2, -0.15) is 5.10 Å². The maximum atomic E-state index is 13.1. The van der Waals surface area contributed by atoms with Gasteiger partial charge in [-0.3, -0.25) is 9.59 Å². The molecule has 1 aliphatic heterocycles. The molecule has 5 rings (SSSR count). The van der Waals surface area contributed by atoms with Crippen LogP contribution in [0.2, 0.25) is 0 Å². The number of carbonyl (C=O) groups excluding carboxylic acids is 2. The number of nitrogens with zero attached hydrogens (tertiary/aromatic N) is 3. The minimum Gasteiger partial charge on any atom is -0.497 e. The van der Waals surface area contributed by atoms with Crippen LogP contribution >= 0.6 is 0 Å². The van der Waals surface area contributed by atoms with Crippen LogP contribution < -0.4 is 4.74 Å². The molecule has 0 N–H and O–H groups in total. The molecule has 1 atom stereocenters. The van der Waals surface area contributed by atoms with Crippen LogP contribution in [-0.2, 0) is 20.7 Å². The SMILES string of the molecule is COc1ccc(C2CC(c3ccccc3)=NN2C(=O)COC(=O)Cc2noc3ccccc23)cc1. The number of aromatic nitrogens is 1. The van der Waals surface area contributed by atoms with Gasteiger partial charge < -0.3 is 14.0 Å². The Bertz CT molecular complexity index is 1380. The minimum atomic E-state index is -0.565. The highest BCUT2D eigenvalue weighted by atomic mass is 16.5. The van der Waals surface area contributed by atoms with Crippen molar-refractivity contribution in [1.82, 2.24) is 10.2 Å². The Kier molecular flexibility index (Phi) is 6.26. The second-order valence-corrected chi connectivity index (χ2v) is 8.11. The average Bonchev–Trinajstić information content (AvgIpc) is 3.53. The van der Waals surface area contributed by atoms with Crippen LogP contribution in [-0.4, -0.2) is 41.5 Å². The van der Waals surface area contributed by atoms with E-state index in [1.54, 1.807) is 13.2 Å². The van der Waals surface area contributed by atoms with Gasteiger partial charge in [0, 0.05) is 11.8 Å². The molecule has 35 heavy (non-hydrogen) atoms. The lowest BCUT2D eigenvalue weighted by Crippen LogP contribution is -2.31. The van der Waals surface area contributed by atoms with Gasteiger partial charge in [0.2, 0.25) is 0 Å². The maximum Gasteiger partial charge on any atom is 0.312 e. The third-order valence-corrected chi connectivity index (χ3v) is 5.89. The summed E-state index contributed by atoms with van der Waals surface area (Å²) in [4.78, 5) is 25.6. The minimum absolute atomic E-state index is 0.0925. The molecule has 0 spiro atoms. The summed E-state index contributed by atoms with van der Waals surface area (Å²) in [6.07, 6.45) is 0.450. The Balaban J connectivity index is 1.30. The fourth-order valence-corrected chi connectivity index (χ4v) is 4.09. The number of esters is 1. The Labute approximate surface area is 201 Å². The Morgan fingerprint density at radius 2 is 1.74 bits per heavy atom. The lowest BCUT2D eigenvalue weighted by atomic mass is 9.98. The molecule has 0 bridgehead atoms. The van der Waals surface area contributed by atoms with E-state index in [2.05, 4.69) is 10.3 Å². The van der Waals surface area contributed by atoms with E-state index in [4.69, 9.17) is 14.0 Å². The lowest BCUT2D eigenvalue weighted by Gasteiger charge is -2.22. The molecule has 1 unspecified atom stereocenters. The summed E-state index contributed by atoms with van der Waals surface area (Å²) in [6, 6.07) is 24.2. The van der Waals surface area contributed by atoms with Crippen molar-refractivity contribution in [2.45, 2.75) is 18.9 Å². The summed E-state index contributed by atoms with van der Waals surface area (Å²) < 4.78 is 15.8. The van der Waals surface area contributed by atoms with E-state index in [0.29, 0.717) is 17.7 Å². The van der Waals surface area contributed by atoms with E-state index in [1.165, 1.54) is 5.01 Å². The first-order chi connectivity index (χ1) is 17.1. The van der Waals surface area contributed by atoms with Crippen molar-refractivity contribution in [3.8, 4) is 5.75 Å². The number of carbonyl (C=O) groups is 2. The van der Waals surface area contributed by atoms with Gasteiger partial charge in [0.25, 0.3) is 5.91 Å². The van der Waals surface area contributed by atoms with Gasteiger partial charge in [-0.15, -0.1) is 0 Å². The highest BCUT2D eigenvalue weighted by Crippen LogP contribution is 2.33. The Morgan fingerprint density at radius 3 is 2.51 bits per heavy atom. The Hall–Kier alpha value is -4.46. The number of ether oxygens (including phenoxy) is 2. The van der Waals surface area contributed by atoms with Crippen molar-refractivity contribution < 1.29 is 23.6 Å². The highest BCUT2D eigenvalue weighted by molar-refractivity contribution is 6.03. The summed E-state index contributed by atoms with van der Waals surface area (Å²) in [7, 11) is 1.60. The Morgan fingerprint density at radius 1 is 1.00 bits per heavy atom. The van der Waals surface area contributed by atoms with Crippen LogP contribution in [0.1, 0.15) is 29.3 Å². The summed E-state index contributed by atoms with van der Waals surface area (Å²) in [5.41, 5.74) is 3.71. The normalized spacial score (nSPS) is 15.2. The third-order valence-electron chi connectivity index (χ3n) is 5.89. The van der Waals surface area contributed by atoms with E-state index < -0.39 is 18.5 Å². The fraction of sp³-hybridized carbons (Fsp3) is 0.185. The number of methoxy groups -OCH3 is 1. The van der Waals surface area contributed by atoms with Crippen molar-refractivity contribution in [1.29, 1.82) is 0 Å². The molecule has 3 aromatic carbocycles. The van der Waals surface area contributed by atoms with Crippen molar-refractivity contribution >= 4 is 28.6 Å². The number of amides is 1. The zero-order chi connectivity index (χ0) is 24.2. The summed E-state index contributed by atoms with van der Waals surface area (Å²) in [6.45, 7) is -0.424. The van der Waals surface area contributed by atoms with Crippen LogP contribution in [0.25, 0.3) is 11.0 Å². The van der Waals surface area contributed by atoms with Crippen LogP contribution in [0.5, 0.6) is 5.75 Å². The van der Waals surface area contributed by atoms with E-state index in [1.807, 2.05) is 72.8 Å². The number of hydrazone groups is 1. The number of para-hydroxylation sites is 1. The quantitative estimate of drug-likeness (QED) is 0.375. The summed E-state index contributed by atoms with van der Waals surface area (Å²) in [5, 5.41) is 10.7. The third kappa shape index (κ3) is 4.77. The zero-order valence-electron chi connectivity index (χ0n) is 19.1. The highest BCUT2D eigenvalue weighted by Gasteiger charge is 2.33. The molecular formula is C27H23N3O5. The molecule has 1 aliphatic rings. The van der Waals surface area contributed by atoms with E-state index in [-0.39, 0.29) is 12.5 Å². The van der Waals surface area contributed by atoms with Gasteiger partial charge in [-0.05, 0) is 35.4 Å². The topological polar surface area (TPSA) is 94.2 Å². The molecule has 1 aromatic heterocycles. The second-order valence-electron chi connectivity index (χ2n) is 8.11. The van der Waals surface area contributed by atoms with Gasteiger partial charge in [0.05, 0.1) is 25.3 Å². The first-order valence-electron chi connectivity index (χ1n) is 11.2. The number of hydrogen-bond donors (Lipinski definition) is 0. The molecule has 8 nitrogen and oxygen atoms in total. The number of hydrogen-bond acceptors (Lipinski definition) is 7. The van der Waals surface area contributed by atoms with Crippen molar-refractivity contribution in [2.24, 2.45) is 5.10 Å². The van der Waals surface area contributed by atoms with E-state index >= 15 is 0 Å². The predicted molar refractivity (Wildman–Crippen MR) is 129 cm³/mol. The van der Waals surface area contributed by atoms with E-state index in [0.717, 1.165) is 28.0 Å². The molecule has 0 fully saturated rings. The van der Waals surface area contributed by atoms with Gasteiger partial charge in [0.1, 0.15) is 11.4 Å². The number of fused-ring (bicyclic) bond motifs is 1. The van der Waals surface area contributed by atoms with Gasteiger partial charge in [-0.1, -0.05) is 59.8 Å². The first-order valence-corrected chi connectivity index (χ1v) is 11.2. The number of benzene rings is 3. The predicted octanol–water partition coefficient (Wildman–Crippen LogP) is 4.30. The zero-order valence-corrected chi connectivity index (χ0v) is 19.1. The van der Waals surface area contributed by atoms with Crippen molar-refractivity contribution in [3.05, 3.63) is 95.7 Å². The molecule has 0 saturated carbocycles. The lowest BCUT2D eigenvalue weighted by molar-refractivity contribution is -0.152. The monoisotopic (exact) mass is 469 g/mol. The van der Waals surface area contributed by atoms with Crippen molar-refractivity contribution in [2.75, 3.05) is 13.7 Å². The smallest absolute Gasteiger partial charge is 0.312 e. The van der Waals surface area contributed by atoms with Crippen LogP contribution in [0.15, 0.2) is 88.5 Å². The van der Waals surface area contributed by atoms with Gasteiger partial charge >= 0.3 is 5.97 Å². The molecule has 176 valence electrons. The van der Waals surface area contributed by atoms with Gasteiger partial charge in [0.15, 0.2) is 12.2 Å². The molecule has 2 heterocycles. The molecule has 1 amide bonds. The molecule has 0 saturated heterocycles. The summed E-state index contributed by atoms with van der Waals surface area (Å²) >= 11 is 0. The van der Waals surface area contributed by atoms with Crippen LogP contribution in [0.4, 0.5) is 0 Å². The molecule has 4 aromatic rings. The average molecular weight is 469 g/mol. The summed E-state index contributed by atoms with van der Waals surface area (Å²) in [5.74, 6) is -0.247. The standard InChI is InChI=1S/C27H23N3O5/c1-33-20-13-11-19(12-14-20)24-15-22(18-7-3-2-4-8-18)28-30(24)26(31)17-34-27(32)16-23-21-9-5-6-10-25(21)35-29-23/h2-14,24H,15-17H2,1H3. The molecule has 0 radical (unpaired) electrons. The fourth-order valence-electron chi connectivity index (χ4n) is 4.09. The first kappa shape index (κ1) is 22.3. The van der Waals surface area contributed by atoms with Crippen LogP contribution in [0.3, 0.4) is 0 Å². The van der Waals surface area contributed by atoms with Crippen molar-refractivity contribution in [3.63, 3.8) is 0 Å². The maximum absolute atomic E-state index is 13.1. The molecule has 0 aliphatic carbocycles. The molecular weight excluding hydrogens is 446 g/mol. The number of rotatable bonds is 7. The molecule has 8 heteroatoms. The van der Waals surface area contributed by atoms with Crippen LogP contribution in [0, 0.1) is 0 Å². The largest absolute Gasteiger partial charge is 0.497 e. The van der Waals surface area contributed by atoms with Gasteiger partial charge in [-0.25, -0.2) is 5.01 Å².